The average molecular weight is 226 g/mol. The number of ether oxygens (including phenoxy) is 1. The highest BCUT2D eigenvalue weighted by atomic mass is 19.1. The molecule has 0 spiro atoms. The third-order valence-electron chi connectivity index (χ3n) is 2.68. The van der Waals surface area contributed by atoms with Crippen LogP contribution in [-0.2, 0) is 0 Å². The summed E-state index contributed by atoms with van der Waals surface area (Å²) in [5.41, 5.74) is 6.75. The molecule has 0 atom stereocenters. The number of nitrogens with one attached hydrogen (secondary N) is 1. The molecule has 0 amide bonds. The molecule has 1 aromatic carbocycles. The molecule has 1 aromatic rings. The molecule has 0 aliphatic rings. The summed E-state index contributed by atoms with van der Waals surface area (Å²) in [4.78, 5) is 0. The smallest absolute Gasteiger partial charge is 0.167 e. The van der Waals surface area contributed by atoms with E-state index in [0.717, 1.165) is 6.42 Å². The quantitative estimate of drug-likeness (QED) is 0.776. The predicted molar refractivity (Wildman–Crippen MR) is 65.4 cm³/mol. The number of hydrogen-bond acceptors (Lipinski definition) is 3. The highest BCUT2D eigenvalue weighted by molar-refractivity contribution is 5.69. The molecule has 0 saturated carbocycles. The number of anilines is 2. The van der Waals surface area contributed by atoms with Gasteiger partial charge in [-0.25, -0.2) is 4.39 Å². The summed E-state index contributed by atoms with van der Waals surface area (Å²) in [6.07, 6.45) is 0.937. The van der Waals surface area contributed by atoms with Crippen LogP contribution in [0.2, 0.25) is 0 Å². The third kappa shape index (κ3) is 2.78. The SMILES string of the molecule is CCC(C)(C)Nc1cc(OC)c(F)cc1N. The van der Waals surface area contributed by atoms with E-state index in [1.165, 1.54) is 13.2 Å². The number of methoxy groups -OCH3 is 1. The lowest BCUT2D eigenvalue weighted by Gasteiger charge is -2.27. The molecule has 0 saturated heterocycles. The Bertz CT molecular complexity index is 378. The summed E-state index contributed by atoms with van der Waals surface area (Å²) >= 11 is 0. The minimum Gasteiger partial charge on any atom is -0.494 e. The van der Waals surface area contributed by atoms with E-state index in [9.17, 15) is 4.39 Å². The molecule has 0 fully saturated rings. The summed E-state index contributed by atoms with van der Waals surface area (Å²) in [6, 6.07) is 2.86. The van der Waals surface area contributed by atoms with E-state index in [2.05, 4.69) is 26.1 Å². The normalized spacial score (nSPS) is 11.3. The van der Waals surface area contributed by atoms with E-state index in [1.54, 1.807) is 6.07 Å². The van der Waals surface area contributed by atoms with Crippen LogP contribution in [0.15, 0.2) is 12.1 Å². The van der Waals surface area contributed by atoms with Crippen molar-refractivity contribution in [2.24, 2.45) is 0 Å². The molecule has 0 aliphatic heterocycles. The van der Waals surface area contributed by atoms with E-state index in [-0.39, 0.29) is 11.3 Å². The van der Waals surface area contributed by atoms with Crippen LogP contribution in [-0.4, -0.2) is 12.6 Å². The van der Waals surface area contributed by atoms with Crippen LogP contribution in [0.1, 0.15) is 27.2 Å². The van der Waals surface area contributed by atoms with E-state index in [0.29, 0.717) is 11.4 Å². The summed E-state index contributed by atoms with van der Waals surface area (Å²) < 4.78 is 18.2. The Morgan fingerprint density at radius 1 is 1.44 bits per heavy atom. The number of halogens is 1. The Morgan fingerprint density at radius 3 is 2.56 bits per heavy atom. The molecule has 1 rings (SSSR count). The third-order valence-corrected chi connectivity index (χ3v) is 2.68. The fourth-order valence-corrected chi connectivity index (χ4v) is 1.29. The maximum absolute atomic E-state index is 13.3. The lowest BCUT2D eigenvalue weighted by atomic mass is 10.0. The van der Waals surface area contributed by atoms with E-state index < -0.39 is 5.82 Å². The molecule has 0 aromatic heterocycles. The van der Waals surface area contributed by atoms with Gasteiger partial charge in [-0.1, -0.05) is 6.92 Å². The van der Waals surface area contributed by atoms with Gasteiger partial charge >= 0.3 is 0 Å². The molecule has 3 N–H and O–H groups in total. The lowest BCUT2D eigenvalue weighted by Crippen LogP contribution is -2.30. The van der Waals surface area contributed by atoms with Crippen molar-refractivity contribution in [1.29, 1.82) is 0 Å². The number of rotatable bonds is 4. The first-order chi connectivity index (χ1) is 7.39. The molecular weight excluding hydrogens is 207 g/mol. The standard InChI is InChI=1S/C12H19FN2O/c1-5-12(2,3)15-10-7-11(16-4)8(13)6-9(10)14/h6-7,15H,5,14H2,1-4H3. The van der Waals surface area contributed by atoms with Gasteiger partial charge < -0.3 is 15.8 Å². The molecule has 0 aliphatic carbocycles. The Morgan fingerprint density at radius 2 is 2.06 bits per heavy atom. The van der Waals surface area contributed by atoms with Gasteiger partial charge in [0.15, 0.2) is 11.6 Å². The van der Waals surface area contributed by atoms with E-state index in [1.807, 2.05) is 0 Å². The molecule has 0 bridgehead atoms. The summed E-state index contributed by atoms with van der Waals surface area (Å²) in [6.45, 7) is 6.19. The minimum atomic E-state index is -0.445. The molecule has 16 heavy (non-hydrogen) atoms. The van der Waals surface area contributed by atoms with Gasteiger partial charge in [-0.2, -0.15) is 0 Å². The van der Waals surface area contributed by atoms with Crippen LogP contribution in [0.5, 0.6) is 5.75 Å². The number of hydrogen-bond donors (Lipinski definition) is 2. The first-order valence-electron chi connectivity index (χ1n) is 5.31. The second kappa shape index (κ2) is 4.60. The molecule has 0 heterocycles. The van der Waals surface area contributed by atoms with Crippen LogP contribution in [0.3, 0.4) is 0 Å². The Balaban J connectivity index is 3.05. The van der Waals surface area contributed by atoms with Crippen molar-refractivity contribution < 1.29 is 9.13 Å². The van der Waals surface area contributed by atoms with Crippen molar-refractivity contribution in [2.45, 2.75) is 32.7 Å². The average Bonchev–Trinajstić information content (AvgIpc) is 2.22. The van der Waals surface area contributed by atoms with Crippen LogP contribution in [0.25, 0.3) is 0 Å². The second-order valence-electron chi connectivity index (χ2n) is 4.44. The predicted octanol–water partition coefficient (Wildman–Crippen LogP) is 3.02. The van der Waals surface area contributed by atoms with Gasteiger partial charge in [0.25, 0.3) is 0 Å². The van der Waals surface area contributed by atoms with Crippen molar-refractivity contribution in [1.82, 2.24) is 0 Å². The van der Waals surface area contributed by atoms with Gasteiger partial charge in [0, 0.05) is 17.7 Å². The topological polar surface area (TPSA) is 47.3 Å². The van der Waals surface area contributed by atoms with Crippen LogP contribution < -0.4 is 15.8 Å². The monoisotopic (exact) mass is 226 g/mol. The number of nitrogen functional groups attached to an aromatic ring is 1. The molecular formula is C12H19FN2O. The summed E-state index contributed by atoms with van der Waals surface area (Å²) in [5.74, 6) is -0.247. The van der Waals surface area contributed by atoms with Gasteiger partial charge in [0.05, 0.1) is 18.5 Å². The maximum atomic E-state index is 13.3. The van der Waals surface area contributed by atoms with Crippen molar-refractivity contribution in [3.05, 3.63) is 17.9 Å². The Kier molecular flexibility index (Phi) is 3.62. The summed E-state index contributed by atoms with van der Waals surface area (Å²) in [5, 5.41) is 3.27. The fourth-order valence-electron chi connectivity index (χ4n) is 1.29. The maximum Gasteiger partial charge on any atom is 0.167 e. The molecule has 90 valence electrons. The van der Waals surface area contributed by atoms with Crippen molar-refractivity contribution in [2.75, 3.05) is 18.2 Å². The van der Waals surface area contributed by atoms with Crippen molar-refractivity contribution in [3.8, 4) is 5.75 Å². The molecule has 4 heteroatoms. The first-order valence-corrected chi connectivity index (χ1v) is 5.31. The molecule has 0 radical (unpaired) electrons. The fraction of sp³-hybridized carbons (Fsp3) is 0.500. The minimum absolute atomic E-state index is 0.0863. The van der Waals surface area contributed by atoms with Gasteiger partial charge in [0.2, 0.25) is 0 Å². The number of nitrogens with two attached hydrogens (primary N) is 1. The highest BCUT2D eigenvalue weighted by Gasteiger charge is 2.17. The zero-order chi connectivity index (χ0) is 12.3. The van der Waals surface area contributed by atoms with Gasteiger partial charge in [0.1, 0.15) is 0 Å². The zero-order valence-corrected chi connectivity index (χ0v) is 10.2. The van der Waals surface area contributed by atoms with Gasteiger partial charge in [-0.05, 0) is 20.3 Å². The Labute approximate surface area is 95.8 Å². The molecule has 3 nitrogen and oxygen atoms in total. The largest absolute Gasteiger partial charge is 0.494 e. The van der Waals surface area contributed by atoms with Gasteiger partial charge in [-0.3, -0.25) is 0 Å². The van der Waals surface area contributed by atoms with Crippen LogP contribution in [0, 0.1) is 5.82 Å². The van der Waals surface area contributed by atoms with E-state index >= 15 is 0 Å². The van der Waals surface area contributed by atoms with Crippen LogP contribution >= 0.6 is 0 Å². The Hall–Kier alpha value is -1.45. The van der Waals surface area contributed by atoms with E-state index in [4.69, 9.17) is 10.5 Å². The van der Waals surface area contributed by atoms with Crippen molar-refractivity contribution >= 4 is 11.4 Å². The zero-order valence-electron chi connectivity index (χ0n) is 10.2. The molecule has 0 unspecified atom stereocenters. The second-order valence-corrected chi connectivity index (χ2v) is 4.44. The first kappa shape index (κ1) is 12.6. The van der Waals surface area contributed by atoms with Crippen LogP contribution in [0.4, 0.5) is 15.8 Å². The number of benzene rings is 1. The van der Waals surface area contributed by atoms with Crippen molar-refractivity contribution in [3.63, 3.8) is 0 Å². The lowest BCUT2D eigenvalue weighted by molar-refractivity contribution is 0.386. The van der Waals surface area contributed by atoms with Gasteiger partial charge in [-0.15, -0.1) is 0 Å². The highest BCUT2D eigenvalue weighted by Crippen LogP contribution is 2.30. The summed E-state index contributed by atoms with van der Waals surface area (Å²) in [7, 11) is 1.43.